The molecular weight excluding hydrogens is 300 g/mol. The van der Waals surface area contributed by atoms with Crippen molar-refractivity contribution in [1.82, 2.24) is 10.6 Å². The lowest BCUT2D eigenvalue weighted by molar-refractivity contribution is -0.126. The summed E-state index contributed by atoms with van der Waals surface area (Å²) < 4.78 is 23.9. The fraction of sp³-hybridized carbons (Fsp3) is 0.462. The molecule has 112 valence electrons. The molecule has 1 aromatic carbocycles. The minimum absolute atomic E-state index is 0. The molecule has 2 rings (SSSR count). The van der Waals surface area contributed by atoms with Crippen molar-refractivity contribution in [3.8, 4) is 0 Å². The summed E-state index contributed by atoms with van der Waals surface area (Å²) >= 11 is 0. The Labute approximate surface area is 125 Å². The zero-order valence-corrected chi connectivity index (χ0v) is 12.7. The Hall–Kier alpha value is -1.11. The third kappa shape index (κ3) is 4.47. The first-order valence-electron chi connectivity index (χ1n) is 6.36. The number of halogens is 1. The van der Waals surface area contributed by atoms with Gasteiger partial charge in [-0.05, 0) is 18.6 Å². The summed E-state index contributed by atoms with van der Waals surface area (Å²) in [6.45, 7) is 1.84. The number of carbonyl (C=O) groups is 1. The van der Waals surface area contributed by atoms with E-state index in [-0.39, 0.29) is 30.0 Å². The van der Waals surface area contributed by atoms with E-state index in [2.05, 4.69) is 10.6 Å². The normalized spacial score (nSPS) is 15.0. The van der Waals surface area contributed by atoms with Gasteiger partial charge in [-0.2, -0.15) is 0 Å². The first-order valence-corrected chi connectivity index (χ1v) is 8.01. The van der Waals surface area contributed by atoms with Crippen LogP contribution in [0, 0.1) is 5.92 Å². The van der Waals surface area contributed by atoms with Gasteiger partial charge in [0, 0.05) is 19.6 Å². The number of hydrogen-bond acceptors (Lipinski definition) is 4. The minimum atomic E-state index is -3.23. The molecule has 2 N–H and O–H groups in total. The van der Waals surface area contributed by atoms with Crippen molar-refractivity contribution >= 4 is 28.2 Å². The van der Waals surface area contributed by atoms with E-state index < -0.39 is 9.84 Å². The smallest absolute Gasteiger partial charge is 0.225 e. The van der Waals surface area contributed by atoms with Crippen molar-refractivity contribution < 1.29 is 13.2 Å². The van der Waals surface area contributed by atoms with Gasteiger partial charge >= 0.3 is 0 Å². The quantitative estimate of drug-likeness (QED) is 0.754. The van der Waals surface area contributed by atoms with E-state index in [1.807, 2.05) is 0 Å². The second kappa shape index (κ2) is 7.61. The third-order valence-electron chi connectivity index (χ3n) is 3.14. The first kappa shape index (κ1) is 16.9. The van der Waals surface area contributed by atoms with Gasteiger partial charge in [0.25, 0.3) is 0 Å². The second-order valence-electron chi connectivity index (χ2n) is 4.63. The maximum Gasteiger partial charge on any atom is 0.225 e. The summed E-state index contributed by atoms with van der Waals surface area (Å²) in [6.07, 6.45) is 0.434. The molecule has 0 spiro atoms. The highest BCUT2D eigenvalue weighted by molar-refractivity contribution is 7.91. The van der Waals surface area contributed by atoms with Gasteiger partial charge in [-0.15, -0.1) is 12.4 Å². The summed E-state index contributed by atoms with van der Waals surface area (Å²) in [5, 5.41) is 5.79. The van der Waals surface area contributed by atoms with Crippen molar-refractivity contribution in [2.45, 2.75) is 11.3 Å². The van der Waals surface area contributed by atoms with Crippen molar-refractivity contribution in [3.63, 3.8) is 0 Å². The molecule has 7 heteroatoms. The molecule has 0 radical (unpaired) electrons. The SMILES string of the molecule is Cl.O=C(NCCCS(=O)(=O)c1ccccc1)C1CNC1. The maximum absolute atomic E-state index is 12.0. The van der Waals surface area contributed by atoms with Crippen molar-refractivity contribution in [1.29, 1.82) is 0 Å². The van der Waals surface area contributed by atoms with Crippen LogP contribution < -0.4 is 10.6 Å². The molecule has 1 aliphatic rings. The summed E-state index contributed by atoms with van der Waals surface area (Å²) in [4.78, 5) is 11.9. The van der Waals surface area contributed by atoms with Gasteiger partial charge in [0.05, 0.1) is 16.6 Å². The van der Waals surface area contributed by atoms with Crippen LogP contribution in [0.1, 0.15) is 6.42 Å². The van der Waals surface area contributed by atoms with E-state index in [1.165, 1.54) is 0 Å². The van der Waals surface area contributed by atoms with Crippen LogP contribution in [-0.2, 0) is 14.6 Å². The molecule has 1 saturated heterocycles. The first-order chi connectivity index (χ1) is 9.09. The van der Waals surface area contributed by atoms with E-state index in [9.17, 15) is 13.2 Å². The lowest BCUT2D eigenvalue weighted by atomic mass is 10.0. The molecule has 1 heterocycles. The molecule has 0 aromatic heterocycles. The van der Waals surface area contributed by atoms with Gasteiger partial charge in [0.2, 0.25) is 5.91 Å². The van der Waals surface area contributed by atoms with Crippen LogP contribution in [0.15, 0.2) is 35.2 Å². The van der Waals surface area contributed by atoms with Crippen molar-refractivity contribution in [3.05, 3.63) is 30.3 Å². The lowest BCUT2D eigenvalue weighted by Gasteiger charge is -2.25. The number of amides is 1. The fourth-order valence-corrected chi connectivity index (χ4v) is 3.17. The number of sulfone groups is 1. The highest BCUT2D eigenvalue weighted by Crippen LogP contribution is 2.10. The largest absolute Gasteiger partial charge is 0.356 e. The van der Waals surface area contributed by atoms with Crippen LogP contribution in [0.5, 0.6) is 0 Å². The summed E-state index contributed by atoms with van der Waals surface area (Å²) in [5.41, 5.74) is 0. The highest BCUT2D eigenvalue weighted by Gasteiger charge is 2.24. The number of hydrogen-bond donors (Lipinski definition) is 2. The Morgan fingerprint density at radius 2 is 1.90 bits per heavy atom. The summed E-state index contributed by atoms with van der Waals surface area (Å²) in [6, 6.07) is 8.38. The molecule has 0 bridgehead atoms. The Kier molecular flexibility index (Phi) is 6.45. The molecule has 1 amide bonds. The van der Waals surface area contributed by atoms with Crippen LogP contribution >= 0.6 is 12.4 Å². The topological polar surface area (TPSA) is 75.3 Å². The summed E-state index contributed by atoms with van der Waals surface area (Å²) in [5.74, 6) is 0.113. The van der Waals surface area contributed by atoms with Crippen molar-refractivity contribution in [2.75, 3.05) is 25.4 Å². The predicted molar refractivity (Wildman–Crippen MR) is 79.7 cm³/mol. The van der Waals surface area contributed by atoms with E-state index in [1.54, 1.807) is 30.3 Å². The zero-order chi connectivity index (χ0) is 13.7. The Morgan fingerprint density at radius 1 is 1.25 bits per heavy atom. The second-order valence-corrected chi connectivity index (χ2v) is 6.74. The molecule has 1 aromatic rings. The van der Waals surface area contributed by atoms with Crippen LogP contribution in [0.3, 0.4) is 0 Å². The van der Waals surface area contributed by atoms with Gasteiger partial charge in [0.1, 0.15) is 0 Å². The van der Waals surface area contributed by atoms with Gasteiger partial charge < -0.3 is 10.6 Å². The maximum atomic E-state index is 12.0. The van der Waals surface area contributed by atoms with Gasteiger partial charge in [-0.3, -0.25) is 4.79 Å². The van der Waals surface area contributed by atoms with Crippen LogP contribution in [0.4, 0.5) is 0 Å². The molecule has 1 fully saturated rings. The number of benzene rings is 1. The molecule has 5 nitrogen and oxygen atoms in total. The van der Waals surface area contributed by atoms with Gasteiger partial charge in [0.15, 0.2) is 9.84 Å². The van der Waals surface area contributed by atoms with E-state index in [0.717, 1.165) is 0 Å². The molecule has 0 aliphatic carbocycles. The monoisotopic (exact) mass is 318 g/mol. The van der Waals surface area contributed by atoms with Gasteiger partial charge in [-0.25, -0.2) is 8.42 Å². The zero-order valence-electron chi connectivity index (χ0n) is 11.0. The molecule has 0 unspecified atom stereocenters. The molecule has 20 heavy (non-hydrogen) atoms. The minimum Gasteiger partial charge on any atom is -0.356 e. The van der Waals surface area contributed by atoms with Crippen LogP contribution in [-0.4, -0.2) is 39.7 Å². The number of nitrogens with one attached hydrogen (secondary N) is 2. The molecule has 1 aliphatic heterocycles. The Balaban J connectivity index is 0.00000200. The van der Waals surface area contributed by atoms with E-state index in [0.29, 0.717) is 31.0 Å². The van der Waals surface area contributed by atoms with E-state index in [4.69, 9.17) is 0 Å². The number of rotatable bonds is 6. The lowest BCUT2D eigenvalue weighted by Crippen LogP contribution is -2.50. The highest BCUT2D eigenvalue weighted by atomic mass is 35.5. The predicted octanol–water partition coefficient (Wildman–Crippen LogP) is 0.608. The van der Waals surface area contributed by atoms with Crippen molar-refractivity contribution in [2.24, 2.45) is 5.92 Å². The van der Waals surface area contributed by atoms with Crippen LogP contribution in [0.2, 0.25) is 0 Å². The number of carbonyl (C=O) groups excluding carboxylic acids is 1. The molecule has 0 saturated carbocycles. The molecule has 0 atom stereocenters. The van der Waals surface area contributed by atoms with Gasteiger partial charge in [-0.1, -0.05) is 18.2 Å². The third-order valence-corrected chi connectivity index (χ3v) is 4.96. The van der Waals surface area contributed by atoms with E-state index >= 15 is 0 Å². The average molecular weight is 319 g/mol. The average Bonchev–Trinajstić information content (AvgIpc) is 2.34. The fourth-order valence-electron chi connectivity index (χ4n) is 1.84. The standard InChI is InChI=1S/C13H18N2O3S.ClH/c16-13(11-9-14-10-11)15-7-4-8-19(17,18)12-5-2-1-3-6-12;/h1-3,5-6,11,14H,4,7-10H2,(H,15,16);1H. The van der Waals surface area contributed by atoms with Crippen LogP contribution in [0.25, 0.3) is 0 Å². The Bertz CT molecular complexity index is 530. The summed E-state index contributed by atoms with van der Waals surface area (Å²) in [7, 11) is -3.23. The molecular formula is C13H19ClN2O3S. The Morgan fingerprint density at radius 3 is 2.45 bits per heavy atom.